The van der Waals surface area contributed by atoms with Crippen LogP contribution in [0.2, 0.25) is 0 Å². The summed E-state index contributed by atoms with van der Waals surface area (Å²) in [6.45, 7) is 14.6. The van der Waals surface area contributed by atoms with Crippen LogP contribution in [0.3, 0.4) is 0 Å². The quantitative estimate of drug-likeness (QED) is 0.733. The molecule has 0 bridgehead atoms. The molecule has 0 aliphatic carbocycles. The van der Waals surface area contributed by atoms with Crippen molar-refractivity contribution in [2.45, 2.75) is 52.6 Å². The van der Waals surface area contributed by atoms with Crippen molar-refractivity contribution in [2.24, 2.45) is 5.92 Å². The zero-order valence-electron chi connectivity index (χ0n) is 18.9. The Hall–Kier alpha value is -1.92. The average molecular weight is 412 g/mol. The number of hydrogen-bond acceptors (Lipinski definition) is 4. The number of rotatable bonds is 6. The fourth-order valence-corrected chi connectivity index (χ4v) is 5.03. The number of likely N-dealkylation sites (tertiary alicyclic amines) is 1. The van der Waals surface area contributed by atoms with E-state index in [0.29, 0.717) is 11.9 Å². The molecule has 2 aromatic rings. The fourth-order valence-electron chi connectivity index (χ4n) is 5.03. The van der Waals surface area contributed by atoms with E-state index in [1.165, 1.54) is 10.9 Å². The second-order valence-electron chi connectivity index (χ2n) is 9.14. The molecule has 4 rings (SSSR count). The van der Waals surface area contributed by atoms with E-state index in [0.717, 1.165) is 77.3 Å². The van der Waals surface area contributed by atoms with Crippen molar-refractivity contribution in [3.8, 4) is 0 Å². The standard InChI is InChI=1S/C24H37N5O/c1-4-27-18-21(22-6-5-10-25-23(22)27)9-13-26-11-7-20(8-12-26)24(30)29-16-14-28(15-17-29)19(2)3/h5-6,10,18-20H,4,7-9,11-17H2,1-3H3. The number of aromatic nitrogens is 2. The van der Waals surface area contributed by atoms with Crippen LogP contribution in [0.25, 0.3) is 11.0 Å². The first-order chi connectivity index (χ1) is 14.6. The van der Waals surface area contributed by atoms with E-state index in [-0.39, 0.29) is 5.92 Å². The lowest BCUT2D eigenvalue weighted by molar-refractivity contribution is -0.139. The Morgan fingerprint density at radius 3 is 2.53 bits per heavy atom. The van der Waals surface area contributed by atoms with Gasteiger partial charge in [0.25, 0.3) is 0 Å². The Morgan fingerprint density at radius 2 is 1.87 bits per heavy atom. The smallest absolute Gasteiger partial charge is 0.225 e. The van der Waals surface area contributed by atoms with Crippen molar-refractivity contribution >= 4 is 16.9 Å². The first-order valence-electron chi connectivity index (χ1n) is 11.7. The predicted octanol–water partition coefficient (Wildman–Crippen LogP) is 2.86. The van der Waals surface area contributed by atoms with E-state index in [4.69, 9.17) is 0 Å². The van der Waals surface area contributed by atoms with Gasteiger partial charge in [0.2, 0.25) is 5.91 Å². The lowest BCUT2D eigenvalue weighted by Gasteiger charge is -2.39. The van der Waals surface area contributed by atoms with Crippen LogP contribution in [0.4, 0.5) is 0 Å². The third-order valence-corrected chi connectivity index (χ3v) is 7.05. The molecule has 0 atom stereocenters. The number of fused-ring (bicyclic) bond motifs is 1. The number of aryl methyl sites for hydroxylation is 1. The molecule has 0 unspecified atom stereocenters. The van der Waals surface area contributed by atoms with Crippen LogP contribution in [0.5, 0.6) is 0 Å². The summed E-state index contributed by atoms with van der Waals surface area (Å²) in [5.41, 5.74) is 2.48. The van der Waals surface area contributed by atoms with Crippen LogP contribution in [0, 0.1) is 5.92 Å². The zero-order valence-corrected chi connectivity index (χ0v) is 18.9. The molecule has 0 spiro atoms. The Labute approximate surface area is 180 Å². The van der Waals surface area contributed by atoms with Gasteiger partial charge >= 0.3 is 0 Å². The third kappa shape index (κ3) is 4.54. The zero-order chi connectivity index (χ0) is 21.1. The molecule has 1 amide bonds. The van der Waals surface area contributed by atoms with E-state index < -0.39 is 0 Å². The molecule has 0 radical (unpaired) electrons. The number of piperazine rings is 1. The summed E-state index contributed by atoms with van der Waals surface area (Å²) < 4.78 is 2.24. The second kappa shape index (κ2) is 9.48. The second-order valence-corrected chi connectivity index (χ2v) is 9.14. The van der Waals surface area contributed by atoms with E-state index in [1.54, 1.807) is 0 Å². The average Bonchev–Trinajstić information content (AvgIpc) is 3.15. The number of piperidine rings is 1. The molecule has 0 aromatic carbocycles. The van der Waals surface area contributed by atoms with E-state index in [2.05, 4.69) is 57.3 Å². The largest absolute Gasteiger partial charge is 0.340 e. The maximum Gasteiger partial charge on any atom is 0.225 e. The molecule has 2 fully saturated rings. The Kier molecular flexibility index (Phi) is 6.74. The monoisotopic (exact) mass is 411 g/mol. The van der Waals surface area contributed by atoms with Gasteiger partial charge in [-0.1, -0.05) is 0 Å². The summed E-state index contributed by atoms with van der Waals surface area (Å²) in [6, 6.07) is 4.80. The highest BCUT2D eigenvalue weighted by Gasteiger charge is 2.30. The van der Waals surface area contributed by atoms with E-state index in [9.17, 15) is 4.79 Å². The molecule has 2 saturated heterocycles. The van der Waals surface area contributed by atoms with Gasteiger partial charge in [0.1, 0.15) is 5.65 Å². The van der Waals surface area contributed by atoms with Crippen molar-refractivity contribution in [2.75, 3.05) is 45.8 Å². The SMILES string of the molecule is CCn1cc(CCN2CCC(C(=O)N3CCN(C(C)C)CC3)CC2)c2cccnc21. The summed E-state index contributed by atoms with van der Waals surface area (Å²) >= 11 is 0. The lowest BCUT2D eigenvalue weighted by Crippen LogP contribution is -2.53. The minimum Gasteiger partial charge on any atom is -0.340 e. The molecule has 2 aromatic heterocycles. The van der Waals surface area contributed by atoms with Gasteiger partial charge < -0.3 is 14.4 Å². The summed E-state index contributed by atoms with van der Waals surface area (Å²) in [6.07, 6.45) is 7.20. The van der Waals surface area contributed by atoms with Crippen molar-refractivity contribution in [1.82, 2.24) is 24.3 Å². The molecule has 6 nitrogen and oxygen atoms in total. The molecular formula is C24H37N5O. The summed E-state index contributed by atoms with van der Waals surface area (Å²) in [5.74, 6) is 0.619. The molecule has 2 aliphatic heterocycles. The number of pyridine rings is 1. The van der Waals surface area contributed by atoms with Gasteiger partial charge in [-0.15, -0.1) is 0 Å². The minimum absolute atomic E-state index is 0.220. The van der Waals surface area contributed by atoms with Crippen LogP contribution in [-0.2, 0) is 17.8 Å². The van der Waals surface area contributed by atoms with Crippen LogP contribution in [0.15, 0.2) is 24.5 Å². The first kappa shape index (κ1) is 21.3. The van der Waals surface area contributed by atoms with Gasteiger partial charge in [-0.2, -0.15) is 0 Å². The summed E-state index contributed by atoms with van der Waals surface area (Å²) in [7, 11) is 0. The van der Waals surface area contributed by atoms with Gasteiger partial charge in [-0.05, 0) is 70.8 Å². The van der Waals surface area contributed by atoms with Gasteiger partial charge in [-0.3, -0.25) is 9.69 Å². The van der Waals surface area contributed by atoms with Gasteiger partial charge in [0, 0.05) is 69.0 Å². The highest BCUT2D eigenvalue weighted by Crippen LogP contribution is 2.23. The van der Waals surface area contributed by atoms with Crippen molar-refractivity contribution in [3.05, 3.63) is 30.1 Å². The topological polar surface area (TPSA) is 44.6 Å². The van der Waals surface area contributed by atoms with Gasteiger partial charge in [-0.25, -0.2) is 4.98 Å². The first-order valence-corrected chi connectivity index (χ1v) is 11.7. The van der Waals surface area contributed by atoms with E-state index >= 15 is 0 Å². The molecule has 0 saturated carbocycles. The number of amides is 1. The van der Waals surface area contributed by atoms with Crippen molar-refractivity contribution in [1.29, 1.82) is 0 Å². The molecular weight excluding hydrogens is 374 g/mol. The fraction of sp³-hybridized carbons (Fsp3) is 0.667. The number of carbonyl (C=O) groups is 1. The normalized spacial score (nSPS) is 19.8. The van der Waals surface area contributed by atoms with Crippen LogP contribution < -0.4 is 0 Å². The van der Waals surface area contributed by atoms with Crippen molar-refractivity contribution < 1.29 is 4.79 Å². The third-order valence-electron chi connectivity index (χ3n) is 7.05. The number of carbonyl (C=O) groups excluding carboxylic acids is 1. The Morgan fingerprint density at radius 1 is 1.13 bits per heavy atom. The summed E-state index contributed by atoms with van der Waals surface area (Å²) in [4.78, 5) is 24.7. The molecule has 6 heteroatoms. The highest BCUT2D eigenvalue weighted by atomic mass is 16.2. The summed E-state index contributed by atoms with van der Waals surface area (Å²) in [5, 5.41) is 1.28. The molecule has 0 N–H and O–H groups in total. The van der Waals surface area contributed by atoms with Crippen LogP contribution >= 0.6 is 0 Å². The van der Waals surface area contributed by atoms with Crippen LogP contribution in [-0.4, -0.2) is 82.0 Å². The van der Waals surface area contributed by atoms with Crippen LogP contribution in [0.1, 0.15) is 39.2 Å². The predicted molar refractivity (Wildman–Crippen MR) is 122 cm³/mol. The maximum atomic E-state index is 13.0. The number of hydrogen-bond donors (Lipinski definition) is 0. The highest BCUT2D eigenvalue weighted by molar-refractivity contribution is 5.80. The molecule has 4 heterocycles. The van der Waals surface area contributed by atoms with Gasteiger partial charge in [0.15, 0.2) is 0 Å². The number of nitrogens with zero attached hydrogens (tertiary/aromatic N) is 5. The Balaban J connectivity index is 1.26. The Bertz CT molecular complexity index is 844. The molecule has 164 valence electrons. The molecule has 30 heavy (non-hydrogen) atoms. The van der Waals surface area contributed by atoms with Crippen molar-refractivity contribution in [3.63, 3.8) is 0 Å². The minimum atomic E-state index is 0.220. The maximum absolute atomic E-state index is 13.0. The van der Waals surface area contributed by atoms with E-state index in [1.807, 2.05) is 12.3 Å². The van der Waals surface area contributed by atoms with Gasteiger partial charge in [0.05, 0.1) is 0 Å². The molecule has 2 aliphatic rings. The lowest BCUT2D eigenvalue weighted by atomic mass is 9.94.